The molecule has 5 atom stereocenters. The molecule has 0 bridgehead atoms. The Kier molecular flexibility index (Phi) is 4.35. The van der Waals surface area contributed by atoms with Crippen molar-refractivity contribution in [3.8, 4) is 0 Å². The Morgan fingerprint density at radius 1 is 1.50 bits per heavy atom. The molecule has 2 aliphatic rings. The summed E-state index contributed by atoms with van der Waals surface area (Å²) in [6.07, 6.45) is 4.39. The highest BCUT2D eigenvalue weighted by atomic mass is 16.5. The lowest BCUT2D eigenvalue weighted by Gasteiger charge is -2.52. The van der Waals surface area contributed by atoms with Gasteiger partial charge in [-0.2, -0.15) is 0 Å². The number of hydrogen-bond donors (Lipinski definition) is 0. The molecule has 2 unspecified atom stereocenters. The predicted molar refractivity (Wildman–Crippen MR) is 90.4 cm³/mol. The Balaban J connectivity index is 2.07. The third-order valence-corrected chi connectivity index (χ3v) is 6.65. The third kappa shape index (κ3) is 2.42. The standard InChI is InChI=1S/C20H28O4/c1-6-11(2)19(22)24-18-17-12(3)10-23-16(17)9-14-7-8-15(21)13(4)20(14,18)5/h10-11,13-14,18H,6-9H2,1-5H3/t11?,13-,14+,18?,20+/m0/s1. The molecule has 1 saturated carbocycles. The molecule has 1 fully saturated rings. The SMILES string of the molecule is CCC(C)C(=O)OC1c2c(C)coc2C[C@H]2CCC(=O)[C@H](C)[C@@]12C. The summed E-state index contributed by atoms with van der Waals surface area (Å²) in [4.78, 5) is 25.0. The van der Waals surface area contributed by atoms with E-state index in [1.54, 1.807) is 6.26 Å². The number of fused-ring (bicyclic) bond motifs is 2. The van der Waals surface area contributed by atoms with E-state index in [2.05, 4.69) is 6.92 Å². The maximum atomic E-state index is 12.6. The molecule has 0 radical (unpaired) electrons. The Morgan fingerprint density at radius 2 is 2.21 bits per heavy atom. The Morgan fingerprint density at radius 3 is 2.88 bits per heavy atom. The quantitative estimate of drug-likeness (QED) is 0.770. The summed E-state index contributed by atoms with van der Waals surface area (Å²) in [5.74, 6) is 1.08. The topological polar surface area (TPSA) is 56.5 Å². The molecule has 0 aliphatic heterocycles. The zero-order valence-electron chi connectivity index (χ0n) is 15.3. The van der Waals surface area contributed by atoms with Gasteiger partial charge < -0.3 is 9.15 Å². The van der Waals surface area contributed by atoms with Gasteiger partial charge in [0.05, 0.1) is 12.2 Å². The van der Waals surface area contributed by atoms with Crippen molar-refractivity contribution in [2.45, 2.75) is 66.4 Å². The van der Waals surface area contributed by atoms with Crippen molar-refractivity contribution >= 4 is 11.8 Å². The summed E-state index contributed by atoms with van der Waals surface area (Å²) in [7, 11) is 0. The number of aryl methyl sites for hydroxylation is 1. The summed E-state index contributed by atoms with van der Waals surface area (Å²) < 4.78 is 11.8. The smallest absolute Gasteiger partial charge is 0.309 e. The molecule has 1 heterocycles. The van der Waals surface area contributed by atoms with Gasteiger partial charge in [0.25, 0.3) is 0 Å². The van der Waals surface area contributed by atoms with E-state index >= 15 is 0 Å². The molecule has 0 amide bonds. The first-order valence-corrected chi connectivity index (χ1v) is 9.10. The number of hydrogen-bond acceptors (Lipinski definition) is 4. The normalized spacial score (nSPS) is 33.5. The van der Waals surface area contributed by atoms with Gasteiger partial charge in [-0.05, 0) is 31.2 Å². The van der Waals surface area contributed by atoms with Crippen LogP contribution in [0.15, 0.2) is 10.7 Å². The highest BCUT2D eigenvalue weighted by Gasteiger charge is 2.57. The van der Waals surface area contributed by atoms with Gasteiger partial charge >= 0.3 is 5.97 Å². The number of ketones is 1. The monoisotopic (exact) mass is 332 g/mol. The van der Waals surface area contributed by atoms with E-state index in [0.717, 1.165) is 36.1 Å². The van der Waals surface area contributed by atoms with Crippen molar-refractivity contribution in [1.29, 1.82) is 0 Å². The van der Waals surface area contributed by atoms with Crippen LogP contribution in [0.3, 0.4) is 0 Å². The summed E-state index contributed by atoms with van der Waals surface area (Å²) in [6, 6.07) is 0. The van der Waals surface area contributed by atoms with E-state index in [1.807, 2.05) is 27.7 Å². The molecule has 0 saturated heterocycles. The molecule has 1 aromatic rings. The van der Waals surface area contributed by atoms with Gasteiger partial charge in [0.1, 0.15) is 17.6 Å². The van der Waals surface area contributed by atoms with E-state index in [4.69, 9.17) is 9.15 Å². The number of rotatable bonds is 3. The van der Waals surface area contributed by atoms with E-state index in [9.17, 15) is 9.59 Å². The Bertz CT molecular complexity index is 659. The van der Waals surface area contributed by atoms with E-state index in [1.165, 1.54) is 0 Å². The van der Waals surface area contributed by atoms with Crippen LogP contribution in [0.5, 0.6) is 0 Å². The summed E-state index contributed by atoms with van der Waals surface area (Å²) >= 11 is 0. The Labute approximate surface area is 143 Å². The second-order valence-corrected chi connectivity index (χ2v) is 7.88. The lowest BCUT2D eigenvalue weighted by molar-refractivity contribution is -0.176. The number of furan rings is 1. The van der Waals surface area contributed by atoms with Crippen LogP contribution in [-0.2, 0) is 20.7 Å². The van der Waals surface area contributed by atoms with Crippen molar-refractivity contribution < 1.29 is 18.7 Å². The summed E-state index contributed by atoms with van der Waals surface area (Å²) in [5.41, 5.74) is 1.64. The average Bonchev–Trinajstić information content (AvgIpc) is 2.93. The first-order chi connectivity index (χ1) is 11.3. The van der Waals surface area contributed by atoms with Gasteiger partial charge in [-0.25, -0.2) is 0 Å². The highest BCUT2D eigenvalue weighted by molar-refractivity contribution is 5.83. The molecule has 0 aromatic carbocycles. The third-order valence-electron chi connectivity index (χ3n) is 6.65. The molecule has 24 heavy (non-hydrogen) atoms. The second kappa shape index (κ2) is 6.05. The van der Waals surface area contributed by atoms with Crippen molar-refractivity contribution in [3.05, 3.63) is 23.2 Å². The van der Waals surface area contributed by atoms with Crippen LogP contribution in [0.1, 0.15) is 69.9 Å². The molecule has 4 nitrogen and oxygen atoms in total. The fraction of sp³-hybridized carbons (Fsp3) is 0.700. The van der Waals surface area contributed by atoms with Crippen LogP contribution < -0.4 is 0 Å². The summed E-state index contributed by atoms with van der Waals surface area (Å²) in [5, 5.41) is 0. The van der Waals surface area contributed by atoms with E-state index in [0.29, 0.717) is 12.3 Å². The minimum absolute atomic E-state index is 0.117. The van der Waals surface area contributed by atoms with Crippen LogP contribution in [0.25, 0.3) is 0 Å². The molecule has 3 rings (SSSR count). The molecule has 132 valence electrons. The fourth-order valence-corrected chi connectivity index (χ4v) is 4.44. The maximum Gasteiger partial charge on any atom is 0.309 e. The van der Waals surface area contributed by atoms with Gasteiger partial charge in [0.2, 0.25) is 0 Å². The number of esters is 1. The van der Waals surface area contributed by atoms with Gasteiger partial charge in [0, 0.05) is 29.7 Å². The van der Waals surface area contributed by atoms with E-state index < -0.39 is 6.10 Å². The van der Waals surface area contributed by atoms with Crippen LogP contribution in [0.4, 0.5) is 0 Å². The van der Waals surface area contributed by atoms with Crippen molar-refractivity contribution in [2.24, 2.45) is 23.2 Å². The predicted octanol–water partition coefficient (Wildman–Crippen LogP) is 4.40. The second-order valence-electron chi connectivity index (χ2n) is 7.88. The van der Waals surface area contributed by atoms with Crippen LogP contribution in [-0.4, -0.2) is 11.8 Å². The zero-order chi connectivity index (χ0) is 17.6. The molecule has 0 spiro atoms. The number of carbonyl (C=O) groups is 2. The fourth-order valence-electron chi connectivity index (χ4n) is 4.44. The van der Waals surface area contributed by atoms with E-state index in [-0.39, 0.29) is 29.0 Å². The highest BCUT2D eigenvalue weighted by Crippen LogP contribution is 2.58. The number of ether oxygens (including phenoxy) is 1. The van der Waals surface area contributed by atoms with Crippen LogP contribution in [0, 0.1) is 30.1 Å². The first-order valence-electron chi connectivity index (χ1n) is 9.10. The van der Waals surface area contributed by atoms with Crippen LogP contribution in [0.2, 0.25) is 0 Å². The minimum atomic E-state index is -0.397. The van der Waals surface area contributed by atoms with Gasteiger partial charge in [-0.1, -0.05) is 27.7 Å². The van der Waals surface area contributed by atoms with Crippen LogP contribution >= 0.6 is 0 Å². The van der Waals surface area contributed by atoms with Gasteiger partial charge in [-0.3, -0.25) is 9.59 Å². The molecular weight excluding hydrogens is 304 g/mol. The van der Waals surface area contributed by atoms with Gasteiger partial charge in [-0.15, -0.1) is 0 Å². The minimum Gasteiger partial charge on any atom is -0.469 e. The molecule has 0 N–H and O–H groups in total. The first kappa shape index (κ1) is 17.2. The lowest BCUT2D eigenvalue weighted by atomic mass is 9.54. The summed E-state index contributed by atoms with van der Waals surface area (Å²) in [6.45, 7) is 10.00. The van der Waals surface area contributed by atoms with Crippen molar-refractivity contribution in [2.75, 3.05) is 0 Å². The van der Waals surface area contributed by atoms with Gasteiger partial charge in [0.15, 0.2) is 0 Å². The Hall–Kier alpha value is -1.58. The molecule has 4 heteroatoms. The average molecular weight is 332 g/mol. The lowest BCUT2D eigenvalue weighted by Crippen LogP contribution is -2.51. The number of carbonyl (C=O) groups excluding carboxylic acids is 2. The molecule has 1 aromatic heterocycles. The van der Waals surface area contributed by atoms with Crippen molar-refractivity contribution in [1.82, 2.24) is 0 Å². The number of Topliss-reactive ketones (excluding diaryl/α,β-unsaturated/α-hetero) is 1. The molecule has 2 aliphatic carbocycles. The maximum absolute atomic E-state index is 12.6. The van der Waals surface area contributed by atoms with Crippen molar-refractivity contribution in [3.63, 3.8) is 0 Å². The molecular formula is C20H28O4. The largest absolute Gasteiger partial charge is 0.469 e. The zero-order valence-corrected chi connectivity index (χ0v) is 15.3.